The van der Waals surface area contributed by atoms with E-state index < -0.39 is 0 Å². The molecule has 16 heavy (non-hydrogen) atoms. The maximum absolute atomic E-state index is 8.98. The molecular weight excluding hydrogens is 200 g/mol. The summed E-state index contributed by atoms with van der Waals surface area (Å²) in [6.45, 7) is 15.3. The fourth-order valence-electron chi connectivity index (χ4n) is 1.74. The van der Waals surface area contributed by atoms with Crippen LogP contribution in [0.15, 0.2) is 0 Å². The van der Waals surface area contributed by atoms with E-state index >= 15 is 0 Å². The van der Waals surface area contributed by atoms with Gasteiger partial charge in [-0.25, -0.2) is 0 Å². The number of hydrogen-bond donors (Lipinski definition) is 2. The standard InChI is InChI=1S/C13H30N2O/c1-6-7-15(8-9-16)11-12(2)10-14-13(3,4)5/h12,14,16H,6-11H2,1-5H3. The number of aliphatic hydroxyl groups is 1. The van der Waals surface area contributed by atoms with E-state index in [2.05, 4.69) is 44.8 Å². The van der Waals surface area contributed by atoms with Crippen LogP contribution in [0.3, 0.4) is 0 Å². The molecule has 3 heteroatoms. The molecule has 0 rings (SSSR count). The van der Waals surface area contributed by atoms with Crippen molar-refractivity contribution in [2.45, 2.75) is 46.6 Å². The van der Waals surface area contributed by atoms with Crippen molar-refractivity contribution in [2.75, 3.05) is 32.8 Å². The van der Waals surface area contributed by atoms with Crippen LogP contribution < -0.4 is 5.32 Å². The largest absolute Gasteiger partial charge is 0.395 e. The predicted octanol–water partition coefficient (Wildman–Crippen LogP) is 1.71. The van der Waals surface area contributed by atoms with Gasteiger partial charge in [0, 0.05) is 18.6 Å². The lowest BCUT2D eigenvalue weighted by Gasteiger charge is -2.28. The van der Waals surface area contributed by atoms with Crippen molar-refractivity contribution >= 4 is 0 Å². The molecule has 0 saturated heterocycles. The Bertz CT molecular complexity index is 160. The van der Waals surface area contributed by atoms with Crippen molar-refractivity contribution in [3.63, 3.8) is 0 Å². The summed E-state index contributed by atoms with van der Waals surface area (Å²) in [5.74, 6) is 0.623. The first-order valence-corrected chi connectivity index (χ1v) is 6.47. The molecule has 0 radical (unpaired) electrons. The molecule has 0 aromatic carbocycles. The van der Waals surface area contributed by atoms with Gasteiger partial charge >= 0.3 is 0 Å². The van der Waals surface area contributed by atoms with Crippen LogP contribution >= 0.6 is 0 Å². The zero-order valence-electron chi connectivity index (χ0n) is 11.7. The Morgan fingerprint density at radius 3 is 2.31 bits per heavy atom. The zero-order chi connectivity index (χ0) is 12.6. The third kappa shape index (κ3) is 9.13. The smallest absolute Gasteiger partial charge is 0.0558 e. The van der Waals surface area contributed by atoms with Crippen LogP contribution in [0.4, 0.5) is 0 Å². The topological polar surface area (TPSA) is 35.5 Å². The molecule has 1 unspecified atom stereocenters. The molecule has 1 atom stereocenters. The average molecular weight is 230 g/mol. The van der Waals surface area contributed by atoms with E-state index in [0.29, 0.717) is 5.92 Å². The van der Waals surface area contributed by atoms with E-state index in [0.717, 1.165) is 32.6 Å². The monoisotopic (exact) mass is 230 g/mol. The normalized spacial score (nSPS) is 14.4. The van der Waals surface area contributed by atoms with Crippen molar-refractivity contribution < 1.29 is 5.11 Å². The summed E-state index contributed by atoms with van der Waals surface area (Å²) in [4.78, 5) is 2.34. The highest BCUT2D eigenvalue weighted by Crippen LogP contribution is 2.04. The molecule has 0 aromatic rings. The predicted molar refractivity (Wildman–Crippen MR) is 70.7 cm³/mol. The highest BCUT2D eigenvalue weighted by atomic mass is 16.3. The van der Waals surface area contributed by atoms with Gasteiger partial charge < -0.3 is 15.3 Å². The molecule has 0 fully saturated rings. The minimum Gasteiger partial charge on any atom is -0.395 e. The molecule has 0 aliphatic rings. The third-order valence-corrected chi connectivity index (χ3v) is 2.51. The average Bonchev–Trinajstić information content (AvgIpc) is 2.14. The van der Waals surface area contributed by atoms with E-state index in [4.69, 9.17) is 5.11 Å². The summed E-state index contributed by atoms with van der Waals surface area (Å²) in [5.41, 5.74) is 0.195. The van der Waals surface area contributed by atoms with E-state index in [1.54, 1.807) is 0 Å². The third-order valence-electron chi connectivity index (χ3n) is 2.51. The van der Waals surface area contributed by atoms with E-state index in [1.807, 2.05) is 0 Å². The minimum absolute atomic E-state index is 0.195. The molecule has 0 aliphatic carbocycles. The zero-order valence-corrected chi connectivity index (χ0v) is 11.7. The minimum atomic E-state index is 0.195. The Morgan fingerprint density at radius 1 is 1.25 bits per heavy atom. The number of hydrogen-bond acceptors (Lipinski definition) is 3. The van der Waals surface area contributed by atoms with Gasteiger partial charge in [-0.3, -0.25) is 0 Å². The van der Waals surface area contributed by atoms with Gasteiger partial charge in [0.2, 0.25) is 0 Å². The van der Waals surface area contributed by atoms with Gasteiger partial charge in [-0.15, -0.1) is 0 Å². The van der Waals surface area contributed by atoms with Crippen molar-refractivity contribution in [2.24, 2.45) is 5.92 Å². The van der Waals surface area contributed by atoms with Crippen molar-refractivity contribution in [3.8, 4) is 0 Å². The van der Waals surface area contributed by atoms with Crippen LogP contribution in [0.2, 0.25) is 0 Å². The number of nitrogens with one attached hydrogen (secondary N) is 1. The quantitative estimate of drug-likeness (QED) is 0.666. The Morgan fingerprint density at radius 2 is 1.88 bits per heavy atom. The number of rotatable bonds is 8. The van der Waals surface area contributed by atoms with Gasteiger partial charge in [0.05, 0.1) is 6.61 Å². The van der Waals surface area contributed by atoms with Gasteiger partial charge in [0.15, 0.2) is 0 Å². The SMILES string of the molecule is CCCN(CCO)CC(C)CNC(C)(C)C. The lowest BCUT2D eigenvalue weighted by Crippen LogP contribution is -2.42. The summed E-state index contributed by atoms with van der Waals surface area (Å²) in [5, 5.41) is 12.5. The van der Waals surface area contributed by atoms with Crippen LogP contribution in [0.1, 0.15) is 41.0 Å². The van der Waals surface area contributed by atoms with Crippen LogP contribution in [0, 0.1) is 5.92 Å². The summed E-state index contributed by atoms with van der Waals surface area (Å²) in [6, 6.07) is 0. The maximum atomic E-state index is 8.98. The van der Waals surface area contributed by atoms with Crippen LogP contribution in [0.25, 0.3) is 0 Å². The van der Waals surface area contributed by atoms with Crippen molar-refractivity contribution in [1.29, 1.82) is 0 Å². The van der Waals surface area contributed by atoms with Crippen LogP contribution in [-0.4, -0.2) is 48.3 Å². The highest BCUT2D eigenvalue weighted by molar-refractivity contribution is 4.73. The molecule has 0 heterocycles. The maximum Gasteiger partial charge on any atom is 0.0558 e. The summed E-state index contributed by atoms with van der Waals surface area (Å²) >= 11 is 0. The molecule has 0 bridgehead atoms. The summed E-state index contributed by atoms with van der Waals surface area (Å²) in [7, 11) is 0. The number of nitrogens with zero attached hydrogens (tertiary/aromatic N) is 1. The number of aliphatic hydroxyl groups excluding tert-OH is 1. The van der Waals surface area contributed by atoms with E-state index in [9.17, 15) is 0 Å². The molecule has 0 saturated carbocycles. The Kier molecular flexibility index (Phi) is 7.98. The van der Waals surface area contributed by atoms with Gasteiger partial charge in [-0.05, 0) is 46.2 Å². The van der Waals surface area contributed by atoms with Crippen LogP contribution in [-0.2, 0) is 0 Å². The summed E-state index contributed by atoms with van der Waals surface area (Å²) < 4.78 is 0. The Hall–Kier alpha value is -0.120. The fourth-order valence-corrected chi connectivity index (χ4v) is 1.74. The molecule has 2 N–H and O–H groups in total. The van der Waals surface area contributed by atoms with Gasteiger partial charge in [0.25, 0.3) is 0 Å². The van der Waals surface area contributed by atoms with Crippen molar-refractivity contribution in [3.05, 3.63) is 0 Å². The first-order valence-electron chi connectivity index (χ1n) is 6.47. The van der Waals surface area contributed by atoms with Crippen LogP contribution in [0.5, 0.6) is 0 Å². The summed E-state index contributed by atoms with van der Waals surface area (Å²) in [6.07, 6.45) is 1.15. The van der Waals surface area contributed by atoms with E-state index in [1.165, 1.54) is 0 Å². The molecule has 0 amide bonds. The molecule has 0 aliphatic heterocycles. The second kappa shape index (κ2) is 8.04. The fraction of sp³-hybridized carbons (Fsp3) is 1.00. The van der Waals surface area contributed by atoms with E-state index in [-0.39, 0.29) is 12.1 Å². The molecule has 98 valence electrons. The van der Waals surface area contributed by atoms with Gasteiger partial charge in [-0.1, -0.05) is 13.8 Å². The molecule has 0 aromatic heterocycles. The Labute approximate surface area is 101 Å². The highest BCUT2D eigenvalue weighted by Gasteiger charge is 2.13. The second-order valence-corrected chi connectivity index (χ2v) is 5.76. The molecule has 3 nitrogen and oxygen atoms in total. The molecule has 0 spiro atoms. The van der Waals surface area contributed by atoms with Gasteiger partial charge in [0.1, 0.15) is 0 Å². The first kappa shape index (κ1) is 15.9. The first-order chi connectivity index (χ1) is 7.39. The van der Waals surface area contributed by atoms with Gasteiger partial charge in [-0.2, -0.15) is 0 Å². The lowest BCUT2D eigenvalue weighted by atomic mass is 10.1. The second-order valence-electron chi connectivity index (χ2n) is 5.76. The van der Waals surface area contributed by atoms with Crippen molar-refractivity contribution in [1.82, 2.24) is 10.2 Å². The molecular formula is C13H30N2O. The Balaban J connectivity index is 3.85. The lowest BCUT2D eigenvalue weighted by molar-refractivity contribution is 0.175.